The smallest absolute Gasteiger partial charge is 0.237 e. The van der Waals surface area contributed by atoms with Crippen molar-refractivity contribution in [2.24, 2.45) is 0 Å². The zero-order valence-corrected chi connectivity index (χ0v) is 10.5. The first kappa shape index (κ1) is 13.2. The van der Waals surface area contributed by atoms with Gasteiger partial charge in [0, 0.05) is 17.5 Å². The highest BCUT2D eigenvalue weighted by Gasteiger charge is 2.24. The van der Waals surface area contributed by atoms with Gasteiger partial charge < -0.3 is 5.32 Å². The average Bonchev–Trinajstić information content (AvgIpc) is 2.44. The van der Waals surface area contributed by atoms with E-state index in [2.05, 4.69) is 10.6 Å². The highest BCUT2D eigenvalue weighted by Crippen LogP contribution is 2.08. The van der Waals surface area contributed by atoms with Gasteiger partial charge in [0.2, 0.25) is 5.91 Å². The van der Waals surface area contributed by atoms with Gasteiger partial charge in [0.25, 0.3) is 0 Å². The highest BCUT2D eigenvalue weighted by atomic mass is 32.2. The van der Waals surface area contributed by atoms with Crippen molar-refractivity contribution in [1.82, 2.24) is 10.6 Å². The average molecular weight is 246 g/mol. The topological polar surface area (TPSA) is 75.3 Å². The Morgan fingerprint density at radius 2 is 2.00 bits per heavy atom. The molecule has 0 radical (unpaired) electrons. The van der Waals surface area contributed by atoms with Gasteiger partial charge in [-0.3, -0.25) is 10.1 Å². The summed E-state index contributed by atoms with van der Waals surface area (Å²) >= 11 is 0. The van der Waals surface area contributed by atoms with Crippen LogP contribution in [-0.4, -0.2) is 38.2 Å². The second-order valence-corrected chi connectivity index (χ2v) is 6.25. The lowest BCUT2D eigenvalue weighted by Crippen LogP contribution is -2.48. The zero-order chi connectivity index (χ0) is 12.3. The van der Waals surface area contributed by atoms with Crippen molar-refractivity contribution >= 4 is 15.7 Å². The molecule has 16 heavy (non-hydrogen) atoms. The molecule has 0 aromatic heterocycles. The number of rotatable bonds is 4. The molecule has 1 rings (SSSR count). The van der Waals surface area contributed by atoms with Crippen molar-refractivity contribution in [3.8, 4) is 0 Å². The molecule has 1 aliphatic rings. The highest BCUT2D eigenvalue weighted by molar-refractivity contribution is 7.94. The molecule has 2 unspecified atom stereocenters. The normalized spacial score (nSPS) is 24.6. The number of carbonyl (C=O) groups is 1. The molecule has 2 N–H and O–H groups in total. The van der Waals surface area contributed by atoms with Crippen LogP contribution in [0.15, 0.2) is 11.5 Å². The van der Waals surface area contributed by atoms with Crippen molar-refractivity contribution in [3.63, 3.8) is 0 Å². The molecular formula is C10H18N2O3S. The van der Waals surface area contributed by atoms with Crippen LogP contribution in [0.25, 0.3) is 0 Å². The molecule has 1 amide bonds. The van der Waals surface area contributed by atoms with Crippen molar-refractivity contribution < 1.29 is 13.2 Å². The Labute approximate surface area is 96.2 Å². The first-order valence-corrected chi connectivity index (χ1v) is 6.99. The molecule has 1 aliphatic heterocycles. The molecule has 0 aromatic carbocycles. The lowest BCUT2D eigenvalue weighted by molar-refractivity contribution is -0.123. The molecule has 0 saturated carbocycles. The fourth-order valence-electron chi connectivity index (χ4n) is 1.49. The monoisotopic (exact) mass is 246 g/mol. The Hall–Kier alpha value is -0.880. The molecule has 1 heterocycles. The summed E-state index contributed by atoms with van der Waals surface area (Å²) < 4.78 is 22.3. The molecule has 92 valence electrons. The third-order valence-electron chi connectivity index (χ3n) is 2.22. The van der Waals surface area contributed by atoms with E-state index in [1.54, 1.807) is 13.0 Å². The molecule has 6 heteroatoms. The largest absolute Gasteiger partial charge is 0.353 e. The van der Waals surface area contributed by atoms with E-state index in [0.717, 1.165) is 0 Å². The van der Waals surface area contributed by atoms with Crippen LogP contribution in [0, 0.1) is 0 Å². The predicted molar refractivity (Wildman–Crippen MR) is 62.6 cm³/mol. The second kappa shape index (κ2) is 4.97. The Morgan fingerprint density at radius 3 is 2.44 bits per heavy atom. The van der Waals surface area contributed by atoms with Crippen molar-refractivity contribution in [1.29, 1.82) is 0 Å². The van der Waals surface area contributed by atoms with Crippen LogP contribution in [0.4, 0.5) is 0 Å². The molecular weight excluding hydrogens is 228 g/mol. The SMILES string of the molecule is CC(C)NC(=O)C(C)NC1C=CS(=O)(=O)C1. The summed E-state index contributed by atoms with van der Waals surface area (Å²) in [5.74, 6) is -0.0838. The van der Waals surface area contributed by atoms with E-state index in [-0.39, 0.29) is 23.7 Å². The van der Waals surface area contributed by atoms with Gasteiger partial charge in [-0.1, -0.05) is 6.08 Å². The molecule has 0 spiro atoms. The Bertz CT molecular complexity index is 387. The van der Waals surface area contributed by atoms with Gasteiger partial charge in [0.05, 0.1) is 11.8 Å². The minimum Gasteiger partial charge on any atom is -0.353 e. The molecule has 0 bridgehead atoms. The van der Waals surface area contributed by atoms with Crippen molar-refractivity contribution in [3.05, 3.63) is 11.5 Å². The van der Waals surface area contributed by atoms with Gasteiger partial charge >= 0.3 is 0 Å². The minimum atomic E-state index is -3.06. The predicted octanol–water partition coefficient (Wildman–Crippen LogP) is -0.200. The van der Waals surface area contributed by atoms with Crippen LogP contribution in [0.3, 0.4) is 0 Å². The maximum atomic E-state index is 11.6. The van der Waals surface area contributed by atoms with Gasteiger partial charge in [-0.25, -0.2) is 8.42 Å². The molecule has 2 atom stereocenters. The van der Waals surface area contributed by atoms with E-state index in [9.17, 15) is 13.2 Å². The number of nitrogens with one attached hydrogen (secondary N) is 2. The van der Waals surface area contributed by atoms with Crippen LogP contribution in [0.2, 0.25) is 0 Å². The van der Waals surface area contributed by atoms with Gasteiger partial charge in [-0.05, 0) is 20.8 Å². The summed E-state index contributed by atoms with van der Waals surface area (Å²) in [6.07, 6.45) is 1.58. The number of sulfone groups is 1. The Kier molecular flexibility index (Phi) is 4.09. The van der Waals surface area contributed by atoms with Crippen molar-refractivity contribution in [2.45, 2.75) is 38.9 Å². The van der Waals surface area contributed by atoms with E-state index in [1.807, 2.05) is 13.8 Å². The maximum Gasteiger partial charge on any atom is 0.237 e. The summed E-state index contributed by atoms with van der Waals surface area (Å²) in [7, 11) is -3.06. The lowest BCUT2D eigenvalue weighted by Gasteiger charge is -2.18. The van der Waals surface area contributed by atoms with Gasteiger partial charge in [0.1, 0.15) is 0 Å². The van der Waals surface area contributed by atoms with Gasteiger partial charge in [0.15, 0.2) is 9.84 Å². The summed E-state index contributed by atoms with van der Waals surface area (Å²) in [5.41, 5.74) is 0. The molecule has 0 fully saturated rings. The van der Waals surface area contributed by atoms with E-state index < -0.39 is 15.9 Å². The molecule has 5 nitrogen and oxygen atoms in total. The number of amides is 1. The standard InChI is InChI=1S/C10H18N2O3S/c1-7(2)11-10(13)8(3)12-9-4-5-16(14,15)6-9/h4-5,7-9,12H,6H2,1-3H3,(H,11,13). The minimum absolute atomic E-state index is 0.0340. The summed E-state index contributed by atoms with van der Waals surface area (Å²) in [6.45, 7) is 5.48. The van der Waals surface area contributed by atoms with E-state index >= 15 is 0 Å². The van der Waals surface area contributed by atoms with Crippen LogP contribution < -0.4 is 10.6 Å². The quantitative estimate of drug-likeness (QED) is 0.720. The van der Waals surface area contributed by atoms with Crippen LogP contribution in [0.5, 0.6) is 0 Å². The maximum absolute atomic E-state index is 11.6. The fourth-order valence-corrected chi connectivity index (χ4v) is 2.73. The van der Waals surface area contributed by atoms with E-state index in [0.29, 0.717) is 0 Å². The summed E-state index contributed by atoms with van der Waals surface area (Å²) in [4.78, 5) is 11.6. The van der Waals surface area contributed by atoms with Gasteiger partial charge in [-0.2, -0.15) is 0 Å². The lowest BCUT2D eigenvalue weighted by atomic mass is 10.2. The number of carbonyl (C=O) groups excluding carboxylic acids is 1. The molecule has 0 aromatic rings. The number of hydrogen-bond donors (Lipinski definition) is 2. The zero-order valence-electron chi connectivity index (χ0n) is 9.73. The fraction of sp³-hybridized carbons (Fsp3) is 0.700. The van der Waals surface area contributed by atoms with Crippen LogP contribution in [-0.2, 0) is 14.6 Å². The van der Waals surface area contributed by atoms with E-state index in [1.165, 1.54) is 5.41 Å². The first-order chi connectivity index (χ1) is 7.30. The number of hydrogen-bond acceptors (Lipinski definition) is 4. The van der Waals surface area contributed by atoms with Crippen LogP contribution in [0.1, 0.15) is 20.8 Å². The van der Waals surface area contributed by atoms with Gasteiger partial charge in [-0.15, -0.1) is 0 Å². The molecule has 0 saturated heterocycles. The van der Waals surface area contributed by atoms with Crippen LogP contribution >= 0.6 is 0 Å². The second-order valence-electron chi connectivity index (χ2n) is 4.32. The Morgan fingerprint density at radius 1 is 1.38 bits per heavy atom. The third kappa shape index (κ3) is 3.94. The summed E-state index contributed by atoms with van der Waals surface area (Å²) in [5, 5.41) is 6.92. The molecule has 0 aliphatic carbocycles. The van der Waals surface area contributed by atoms with Crippen molar-refractivity contribution in [2.75, 3.05) is 5.75 Å². The first-order valence-electron chi connectivity index (χ1n) is 5.27. The Balaban J connectivity index is 2.44. The van der Waals surface area contributed by atoms with E-state index in [4.69, 9.17) is 0 Å². The third-order valence-corrected chi connectivity index (χ3v) is 3.61. The summed E-state index contributed by atoms with van der Waals surface area (Å²) in [6, 6.07) is -0.581.